The Bertz CT molecular complexity index is 1260. The van der Waals surface area contributed by atoms with Gasteiger partial charge in [0, 0.05) is 0 Å². The molecule has 0 heterocycles. The summed E-state index contributed by atoms with van der Waals surface area (Å²) >= 11 is 0. The van der Waals surface area contributed by atoms with Crippen LogP contribution in [0.15, 0.2) is 76.7 Å². The van der Waals surface area contributed by atoms with Gasteiger partial charge in [-0.3, -0.25) is 0 Å². The van der Waals surface area contributed by atoms with E-state index < -0.39 is 16.0 Å². The van der Waals surface area contributed by atoms with Gasteiger partial charge in [-0.15, -0.1) is 0 Å². The standard InChI is InChI=1S/C24H24N2O7S/c1-4-32-20-10-12-21(13-11-20)34(28,29)26-25-16-17-5-14-22(23(15-17)31-3)33-24(27)18-6-8-19(30-2)9-7-18/h5-16,26H,4H2,1-3H3. The summed E-state index contributed by atoms with van der Waals surface area (Å²) < 4.78 is 45.9. The maximum absolute atomic E-state index is 12.4. The second kappa shape index (κ2) is 11.2. The predicted molar refractivity (Wildman–Crippen MR) is 126 cm³/mol. The summed E-state index contributed by atoms with van der Waals surface area (Å²) in [4.78, 5) is 14.6. The monoisotopic (exact) mass is 484 g/mol. The molecule has 3 rings (SSSR count). The van der Waals surface area contributed by atoms with Gasteiger partial charge in [0.25, 0.3) is 10.0 Å². The van der Waals surface area contributed by atoms with Gasteiger partial charge in [-0.25, -0.2) is 9.63 Å². The number of rotatable bonds is 10. The molecule has 178 valence electrons. The van der Waals surface area contributed by atoms with Gasteiger partial charge >= 0.3 is 5.97 Å². The lowest BCUT2D eigenvalue weighted by Gasteiger charge is -2.10. The van der Waals surface area contributed by atoms with Gasteiger partial charge in [0.15, 0.2) is 11.5 Å². The number of esters is 1. The van der Waals surface area contributed by atoms with Gasteiger partial charge in [-0.05, 0) is 79.2 Å². The number of nitrogens with zero attached hydrogens (tertiary/aromatic N) is 1. The van der Waals surface area contributed by atoms with Crippen molar-refractivity contribution in [3.8, 4) is 23.0 Å². The molecule has 0 aliphatic heterocycles. The lowest BCUT2D eigenvalue weighted by atomic mass is 10.2. The Morgan fingerprint density at radius 2 is 1.59 bits per heavy atom. The summed E-state index contributed by atoms with van der Waals surface area (Å²) in [5, 5.41) is 3.81. The van der Waals surface area contributed by atoms with E-state index in [1.807, 2.05) is 6.92 Å². The molecule has 1 N–H and O–H groups in total. The summed E-state index contributed by atoms with van der Waals surface area (Å²) in [5.41, 5.74) is 0.868. The van der Waals surface area contributed by atoms with Gasteiger partial charge < -0.3 is 18.9 Å². The maximum Gasteiger partial charge on any atom is 0.343 e. The molecule has 0 fully saturated rings. The van der Waals surface area contributed by atoms with Crippen LogP contribution in [-0.4, -0.2) is 41.4 Å². The van der Waals surface area contributed by atoms with E-state index >= 15 is 0 Å². The molecule has 0 aromatic heterocycles. The van der Waals surface area contributed by atoms with Crippen molar-refractivity contribution in [2.75, 3.05) is 20.8 Å². The minimum absolute atomic E-state index is 0.0477. The Morgan fingerprint density at radius 3 is 2.21 bits per heavy atom. The lowest BCUT2D eigenvalue weighted by molar-refractivity contribution is 0.0729. The van der Waals surface area contributed by atoms with Crippen molar-refractivity contribution in [1.82, 2.24) is 4.83 Å². The Hall–Kier alpha value is -4.05. The first-order valence-electron chi connectivity index (χ1n) is 10.2. The Morgan fingerprint density at radius 1 is 0.912 bits per heavy atom. The van der Waals surface area contributed by atoms with Crippen molar-refractivity contribution in [3.63, 3.8) is 0 Å². The third-order valence-electron chi connectivity index (χ3n) is 4.55. The average Bonchev–Trinajstić information content (AvgIpc) is 2.85. The molecule has 0 amide bonds. The van der Waals surface area contributed by atoms with Crippen molar-refractivity contribution in [2.24, 2.45) is 5.10 Å². The molecule has 9 nitrogen and oxygen atoms in total. The van der Waals surface area contributed by atoms with Crippen molar-refractivity contribution in [2.45, 2.75) is 11.8 Å². The number of nitrogens with one attached hydrogen (secondary N) is 1. The van der Waals surface area contributed by atoms with E-state index in [1.54, 1.807) is 48.5 Å². The fourth-order valence-electron chi connectivity index (χ4n) is 2.84. The summed E-state index contributed by atoms with van der Waals surface area (Å²) in [7, 11) is -0.889. The predicted octanol–water partition coefficient (Wildman–Crippen LogP) is 3.63. The van der Waals surface area contributed by atoms with E-state index in [1.165, 1.54) is 38.6 Å². The van der Waals surface area contributed by atoms with Gasteiger partial charge in [0.2, 0.25) is 0 Å². The van der Waals surface area contributed by atoms with Crippen molar-refractivity contribution >= 4 is 22.2 Å². The van der Waals surface area contributed by atoms with E-state index in [4.69, 9.17) is 18.9 Å². The number of hydrazone groups is 1. The molecule has 0 radical (unpaired) electrons. The molecule has 0 atom stereocenters. The maximum atomic E-state index is 12.4. The molecular weight excluding hydrogens is 460 g/mol. The third kappa shape index (κ3) is 6.26. The zero-order valence-electron chi connectivity index (χ0n) is 18.8. The third-order valence-corrected chi connectivity index (χ3v) is 5.79. The average molecular weight is 485 g/mol. The molecule has 0 saturated heterocycles. The van der Waals surface area contributed by atoms with Crippen LogP contribution < -0.4 is 23.8 Å². The van der Waals surface area contributed by atoms with Crippen LogP contribution in [0.2, 0.25) is 0 Å². The molecule has 34 heavy (non-hydrogen) atoms. The van der Waals surface area contributed by atoms with E-state index in [0.29, 0.717) is 29.2 Å². The second-order valence-corrected chi connectivity index (χ2v) is 8.45. The fourth-order valence-corrected chi connectivity index (χ4v) is 3.63. The molecule has 0 unspecified atom stereocenters. The Labute approximate surface area is 198 Å². The number of ether oxygens (including phenoxy) is 4. The van der Waals surface area contributed by atoms with Gasteiger partial charge in [-0.2, -0.15) is 13.5 Å². The quantitative estimate of drug-likeness (QED) is 0.202. The van der Waals surface area contributed by atoms with Crippen LogP contribution in [-0.2, 0) is 10.0 Å². The molecule has 0 spiro atoms. The zero-order chi connectivity index (χ0) is 24.6. The summed E-state index contributed by atoms with van der Waals surface area (Å²) in [6, 6.07) is 17.2. The molecule has 3 aromatic rings. The normalized spacial score (nSPS) is 11.1. The highest BCUT2D eigenvalue weighted by Crippen LogP contribution is 2.28. The van der Waals surface area contributed by atoms with Crippen LogP contribution in [0.3, 0.4) is 0 Å². The van der Waals surface area contributed by atoms with Gasteiger partial charge in [0.1, 0.15) is 11.5 Å². The van der Waals surface area contributed by atoms with Gasteiger partial charge in [0.05, 0.1) is 37.5 Å². The number of methoxy groups -OCH3 is 2. The minimum atomic E-state index is -3.85. The number of sulfonamides is 1. The van der Waals surface area contributed by atoms with Crippen LogP contribution >= 0.6 is 0 Å². The molecule has 10 heteroatoms. The van der Waals surface area contributed by atoms with E-state index in [0.717, 1.165) is 0 Å². The Balaban J connectivity index is 1.67. The Kier molecular flexibility index (Phi) is 8.10. The van der Waals surface area contributed by atoms with Crippen LogP contribution in [0.5, 0.6) is 23.0 Å². The SMILES string of the molecule is CCOc1ccc(S(=O)(=O)NN=Cc2ccc(OC(=O)c3ccc(OC)cc3)c(OC)c2)cc1. The first-order chi connectivity index (χ1) is 16.4. The molecule has 0 saturated carbocycles. The highest BCUT2D eigenvalue weighted by atomic mass is 32.2. The molecule has 0 aliphatic rings. The summed E-state index contributed by atoms with van der Waals surface area (Å²) in [6.45, 7) is 2.32. The molecular formula is C24H24N2O7S. The van der Waals surface area contributed by atoms with Crippen molar-refractivity contribution in [1.29, 1.82) is 0 Å². The van der Waals surface area contributed by atoms with E-state index in [2.05, 4.69) is 9.93 Å². The number of carbonyl (C=O) groups is 1. The minimum Gasteiger partial charge on any atom is -0.497 e. The smallest absolute Gasteiger partial charge is 0.343 e. The number of hydrogen-bond acceptors (Lipinski definition) is 8. The first-order valence-corrected chi connectivity index (χ1v) is 11.7. The van der Waals surface area contributed by atoms with Gasteiger partial charge in [-0.1, -0.05) is 0 Å². The summed E-state index contributed by atoms with van der Waals surface area (Å²) in [5.74, 6) is 1.11. The number of hydrogen-bond donors (Lipinski definition) is 1. The van der Waals surface area contributed by atoms with Crippen molar-refractivity contribution < 1.29 is 32.2 Å². The van der Waals surface area contributed by atoms with Crippen LogP contribution in [0.1, 0.15) is 22.8 Å². The molecule has 0 aliphatic carbocycles. The summed E-state index contributed by atoms with van der Waals surface area (Å²) in [6.07, 6.45) is 1.31. The van der Waals surface area contributed by atoms with Crippen molar-refractivity contribution in [3.05, 3.63) is 77.9 Å². The highest BCUT2D eigenvalue weighted by Gasteiger charge is 2.14. The van der Waals surface area contributed by atoms with Crippen LogP contribution in [0.25, 0.3) is 0 Å². The second-order valence-electron chi connectivity index (χ2n) is 6.79. The largest absolute Gasteiger partial charge is 0.497 e. The number of benzene rings is 3. The highest BCUT2D eigenvalue weighted by molar-refractivity contribution is 7.89. The van der Waals surface area contributed by atoms with Crippen LogP contribution in [0.4, 0.5) is 0 Å². The van der Waals surface area contributed by atoms with E-state index in [9.17, 15) is 13.2 Å². The van der Waals surface area contributed by atoms with E-state index in [-0.39, 0.29) is 16.4 Å². The van der Waals surface area contributed by atoms with Crippen LogP contribution in [0, 0.1) is 0 Å². The fraction of sp³-hybridized carbons (Fsp3) is 0.167. The zero-order valence-corrected chi connectivity index (χ0v) is 19.7. The molecule has 0 bridgehead atoms. The topological polar surface area (TPSA) is 113 Å². The number of carbonyl (C=O) groups excluding carboxylic acids is 1. The lowest BCUT2D eigenvalue weighted by Crippen LogP contribution is -2.18. The first kappa shape index (κ1) is 24.6. The molecule has 3 aromatic carbocycles.